The third-order valence-electron chi connectivity index (χ3n) is 3.96. The first kappa shape index (κ1) is 16.2. The van der Waals surface area contributed by atoms with E-state index in [0.717, 1.165) is 12.1 Å². The fourth-order valence-electron chi connectivity index (χ4n) is 2.81. The van der Waals surface area contributed by atoms with Crippen molar-refractivity contribution in [1.82, 2.24) is 5.32 Å². The van der Waals surface area contributed by atoms with Gasteiger partial charge in [-0.3, -0.25) is 0 Å². The number of halogens is 1. The lowest BCUT2D eigenvalue weighted by molar-refractivity contribution is 0.555. The molecule has 1 aliphatic heterocycles. The van der Waals surface area contributed by atoms with Gasteiger partial charge in [-0.15, -0.1) is 0 Å². The van der Waals surface area contributed by atoms with Crippen LogP contribution < -0.4 is 10.2 Å². The van der Waals surface area contributed by atoms with E-state index in [-0.39, 0.29) is 29.4 Å². The molecule has 1 saturated heterocycles. The first-order valence-electron chi connectivity index (χ1n) is 7.34. The maximum absolute atomic E-state index is 14.4. The summed E-state index contributed by atoms with van der Waals surface area (Å²) in [6.07, 6.45) is 0. The van der Waals surface area contributed by atoms with Crippen molar-refractivity contribution in [1.29, 1.82) is 0 Å². The summed E-state index contributed by atoms with van der Waals surface area (Å²) in [5.41, 5.74) is 1.39. The van der Waals surface area contributed by atoms with Gasteiger partial charge in [0.1, 0.15) is 5.82 Å². The second kappa shape index (κ2) is 6.32. The summed E-state index contributed by atoms with van der Waals surface area (Å²) in [6.45, 7) is 7.00. The van der Waals surface area contributed by atoms with Crippen LogP contribution in [0, 0.1) is 5.82 Å². The molecule has 0 saturated carbocycles. The van der Waals surface area contributed by atoms with Crippen LogP contribution in [0.15, 0.2) is 18.2 Å². The van der Waals surface area contributed by atoms with Crippen LogP contribution in [0.2, 0.25) is 0 Å². The fraction of sp³-hybridized carbons (Fsp3) is 0.600. The monoisotopic (exact) mass is 314 g/mol. The van der Waals surface area contributed by atoms with Gasteiger partial charge in [0.25, 0.3) is 0 Å². The third kappa shape index (κ3) is 3.74. The molecule has 1 aromatic carbocycles. The van der Waals surface area contributed by atoms with E-state index in [2.05, 4.69) is 5.32 Å². The summed E-state index contributed by atoms with van der Waals surface area (Å²) >= 11 is 0. The summed E-state index contributed by atoms with van der Waals surface area (Å²) in [5, 5.41) is 3.25. The number of anilines is 1. The molecule has 21 heavy (non-hydrogen) atoms. The molecule has 0 aromatic heterocycles. The molecule has 6 heteroatoms. The molecule has 0 aliphatic carbocycles. The van der Waals surface area contributed by atoms with Gasteiger partial charge in [0.15, 0.2) is 9.84 Å². The zero-order valence-electron chi connectivity index (χ0n) is 12.8. The molecule has 1 N–H and O–H groups in total. The number of rotatable bonds is 4. The van der Waals surface area contributed by atoms with Gasteiger partial charge in [0.2, 0.25) is 0 Å². The van der Waals surface area contributed by atoms with Crippen molar-refractivity contribution in [2.75, 3.05) is 29.5 Å². The van der Waals surface area contributed by atoms with Crippen LogP contribution in [0.5, 0.6) is 0 Å². The minimum absolute atomic E-state index is 0.0853. The van der Waals surface area contributed by atoms with E-state index in [0.29, 0.717) is 12.2 Å². The van der Waals surface area contributed by atoms with Crippen LogP contribution in [0.3, 0.4) is 0 Å². The molecule has 1 aromatic rings. The largest absolute Gasteiger partial charge is 0.364 e. The Morgan fingerprint density at radius 1 is 1.48 bits per heavy atom. The molecule has 2 unspecified atom stereocenters. The van der Waals surface area contributed by atoms with Gasteiger partial charge >= 0.3 is 0 Å². The number of hydrogen-bond donors (Lipinski definition) is 1. The average Bonchev–Trinajstić information content (AvgIpc) is 2.39. The molecule has 0 radical (unpaired) electrons. The van der Waals surface area contributed by atoms with E-state index in [1.54, 1.807) is 12.1 Å². The highest BCUT2D eigenvalue weighted by molar-refractivity contribution is 7.91. The lowest BCUT2D eigenvalue weighted by atomic mass is 10.1. The molecule has 4 nitrogen and oxygen atoms in total. The van der Waals surface area contributed by atoms with Crippen LogP contribution in [-0.2, 0) is 9.84 Å². The van der Waals surface area contributed by atoms with Crippen molar-refractivity contribution >= 4 is 15.5 Å². The van der Waals surface area contributed by atoms with Crippen molar-refractivity contribution in [2.24, 2.45) is 0 Å². The molecular weight excluding hydrogens is 291 g/mol. The first-order chi connectivity index (χ1) is 9.84. The normalized spacial score (nSPS) is 23.0. The second-order valence-corrected chi connectivity index (χ2v) is 7.88. The number of nitrogens with zero attached hydrogens (tertiary/aromatic N) is 1. The highest BCUT2D eigenvalue weighted by atomic mass is 32.2. The van der Waals surface area contributed by atoms with Crippen LogP contribution in [-0.4, -0.2) is 39.1 Å². The Balaban J connectivity index is 2.21. The Kier molecular flexibility index (Phi) is 4.88. The van der Waals surface area contributed by atoms with E-state index in [9.17, 15) is 12.8 Å². The quantitative estimate of drug-likeness (QED) is 0.925. The zero-order chi connectivity index (χ0) is 15.6. The average molecular weight is 314 g/mol. The highest BCUT2D eigenvalue weighted by Crippen LogP contribution is 2.27. The van der Waals surface area contributed by atoms with Crippen LogP contribution in [0.1, 0.15) is 32.4 Å². The SMILES string of the molecule is CCNC(C)c1ccc(N2CCS(=O)(=O)CC2C)c(F)c1. The van der Waals surface area contributed by atoms with Gasteiger partial charge in [-0.05, 0) is 38.1 Å². The van der Waals surface area contributed by atoms with Gasteiger partial charge in [-0.25, -0.2) is 12.8 Å². The summed E-state index contributed by atoms with van der Waals surface area (Å²) < 4.78 is 37.6. The Bertz CT molecular complexity index is 604. The predicted molar refractivity (Wildman–Crippen MR) is 84.0 cm³/mol. The van der Waals surface area contributed by atoms with Crippen LogP contribution >= 0.6 is 0 Å². The van der Waals surface area contributed by atoms with Crippen LogP contribution in [0.25, 0.3) is 0 Å². The van der Waals surface area contributed by atoms with E-state index < -0.39 is 9.84 Å². The Morgan fingerprint density at radius 3 is 2.76 bits per heavy atom. The van der Waals surface area contributed by atoms with Crippen molar-refractivity contribution < 1.29 is 12.8 Å². The molecule has 1 aliphatic rings. The smallest absolute Gasteiger partial charge is 0.154 e. The lowest BCUT2D eigenvalue weighted by Gasteiger charge is -2.35. The molecule has 0 amide bonds. The molecule has 0 bridgehead atoms. The zero-order valence-corrected chi connectivity index (χ0v) is 13.6. The maximum Gasteiger partial charge on any atom is 0.154 e. The summed E-state index contributed by atoms with van der Waals surface area (Å²) in [5.74, 6) is -0.114. The molecular formula is C15H23FN2O2S. The van der Waals surface area contributed by atoms with E-state index in [1.807, 2.05) is 31.7 Å². The minimum Gasteiger partial charge on any atom is -0.364 e. The van der Waals surface area contributed by atoms with Gasteiger partial charge in [-0.2, -0.15) is 0 Å². The van der Waals surface area contributed by atoms with Crippen molar-refractivity contribution in [3.05, 3.63) is 29.6 Å². The Labute approximate surface area is 126 Å². The minimum atomic E-state index is -2.99. The van der Waals surface area contributed by atoms with E-state index >= 15 is 0 Å². The maximum atomic E-state index is 14.4. The summed E-state index contributed by atoms with van der Waals surface area (Å²) in [6, 6.07) is 5.10. The molecule has 1 fully saturated rings. The molecule has 118 valence electrons. The predicted octanol–water partition coefficient (Wildman–Crippen LogP) is 2.12. The topological polar surface area (TPSA) is 49.4 Å². The highest BCUT2D eigenvalue weighted by Gasteiger charge is 2.29. The van der Waals surface area contributed by atoms with Gasteiger partial charge in [0, 0.05) is 18.6 Å². The van der Waals surface area contributed by atoms with Crippen molar-refractivity contribution in [3.8, 4) is 0 Å². The number of hydrogen-bond acceptors (Lipinski definition) is 4. The second-order valence-electron chi connectivity index (χ2n) is 5.65. The molecule has 2 atom stereocenters. The summed E-state index contributed by atoms with van der Waals surface area (Å²) in [7, 11) is -2.99. The first-order valence-corrected chi connectivity index (χ1v) is 9.16. The molecule has 1 heterocycles. The van der Waals surface area contributed by atoms with Crippen molar-refractivity contribution in [3.63, 3.8) is 0 Å². The molecule has 0 spiro atoms. The van der Waals surface area contributed by atoms with Gasteiger partial charge in [0.05, 0.1) is 17.2 Å². The molecule has 2 rings (SSSR count). The number of sulfone groups is 1. The Hall–Kier alpha value is -1.14. The van der Waals surface area contributed by atoms with E-state index in [1.165, 1.54) is 0 Å². The van der Waals surface area contributed by atoms with Gasteiger partial charge in [-0.1, -0.05) is 13.0 Å². The lowest BCUT2D eigenvalue weighted by Crippen LogP contribution is -2.47. The Morgan fingerprint density at radius 2 is 2.19 bits per heavy atom. The van der Waals surface area contributed by atoms with E-state index in [4.69, 9.17) is 0 Å². The fourth-order valence-corrected chi connectivity index (χ4v) is 4.36. The standard InChI is InChI=1S/C15H23FN2O2S/c1-4-17-12(3)13-5-6-15(14(16)9-13)18-7-8-21(19,20)10-11(18)2/h5-6,9,11-12,17H,4,7-8,10H2,1-3H3. The number of nitrogens with one attached hydrogen (secondary N) is 1. The summed E-state index contributed by atoms with van der Waals surface area (Å²) in [4.78, 5) is 1.85. The number of benzene rings is 1. The van der Waals surface area contributed by atoms with Crippen molar-refractivity contribution in [2.45, 2.75) is 32.9 Å². The van der Waals surface area contributed by atoms with Crippen LogP contribution in [0.4, 0.5) is 10.1 Å². The van der Waals surface area contributed by atoms with Gasteiger partial charge < -0.3 is 10.2 Å². The third-order valence-corrected chi connectivity index (χ3v) is 5.76.